The number of fused-ring (bicyclic) bond motifs is 1. The number of hydrogen-bond acceptors (Lipinski definition) is 4. The maximum atomic E-state index is 13.6. The van der Waals surface area contributed by atoms with Gasteiger partial charge in [0.05, 0.1) is 11.0 Å². The quantitative estimate of drug-likeness (QED) is 0.513. The van der Waals surface area contributed by atoms with Crippen molar-refractivity contribution in [2.24, 2.45) is 0 Å². The lowest BCUT2D eigenvalue weighted by atomic mass is 10.1. The molecule has 1 saturated heterocycles. The van der Waals surface area contributed by atoms with Crippen molar-refractivity contribution in [1.82, 2.24) is 14.9 Å². The van der Waals surface area contributed by atoms with E-state index in [2.05, 4.69) is 9.88 Å². The highest BCUT2D eigenvalue weighted by Crippen LogP contribution is 2.25. The Morgan fingerprint density at radius 1 is 0.844 bits per heavy atom. The number of aromatic amines is 1. The second-order valence-corrected chi connectivity index (χ2v) is 7.97. The van der Waals surface area contributed by atoms with E-state index in [0.717, 1.165) is 42.1 Å². The Morgan fingerprint density at radius 3 is 2.34 bits per heavy atom. The summed E-state index contributed by atoms with van der Waals surface area (Å²) in [6.45, 7) is 2.88. The highest BCUT2D eigenvalue weighted by atomic mass is 16.5. The Labute approximate surface area is 187 Å². The molecule has 1 aliphatic heterocycles. The van der Waals surface area contributed by atoms with Crippen LogP contribution < -0.4 is 9.64 Å². The monoisotopic (exact) mass is 426 g/mol. The van der Waals surface area contributed by atoms with Gasteiger partial charge in [0.25, 0.3) is 5.91 Å². The number of carbonyl (C=O) groups is 1. The van der Waals surface area contributed by atoms with Crippen LogP contribution in [0.4, 0.5) is 5.95 Å². The molecule has 1 fully saturated rings. The molecule has 162 valence electrons. The fourth-order valence-electron chi connectivity index (χ4n) is 4.13. The first-order valence-corrected chi connectivity index (χ1v) is 11.0. The number of anilines is 1. The maximum Gasteiger partial charge on any atom is 0.268 e. The predicted molar refractivity (Wildman–Crippen MR) is 126 cm³/mol. The summed E-state index contributed by atoms with van der Waals surface area (Å²) in [6.07, 6.45) is 0.201. The lowest BCUT2D eigenvalue weighted by molar-refractivity contribution is -0.138. The summed E-state index contributed by atoms with van der Waals surface area (Å²) in [7, 11) is 0. The van der Waals surface area contributed by atoms with Crippen LogP contribution in [0.25, 0.3) is 11.0 Å². The average Bonchev–Trinajstić information content (AvgIpc) is 3.13. The third kappa shape index (κ3) is 4.30. The summed E-state index contributed by atoms with van der Waals surface area (Å²) in [5, 5.41) is 0. The van der Waals surface area contributed by atoms with Crippen LogP contribution in [0.3, 0.4) is 0 Å². The van der Waals surface area contributed by atoms with Gasteiger partial charge >= 0.3 is 0 Å². The van der Waals surface area contributed by atoms with Crippen molar-refractivity contribution in [1.29, 1.82) is 0 Å². The van der Waals surface area contributed by atoms with E-state index in [9.17, 15) is 4.79 Å². The van der Waals surface area contributed by atoms with Crippen LogP contribution in [-0.4, -0.2) is 47.0 Å². The Kier molecular flexibility index (Phi) is 5.75. The smallest absolute Gasteiger partial charge is 0.268 e. The van der Waals surface area contributed by atoms with Gasteiger partial charge in [-0.15, -0.1) is 0 Å². The van der Waals surface area contributed by atoms with Crippen molar-refractivity contribution in [2.75, 3.05) is 31.1 Å². The van der Waals surface area contributed by atoms with Crippen molar-refractivity contribution >= 4 is 22.9 Å². The highest BCUT2D eigenvalue weighted by Gasteiger charge is 2.29. The second-order valence-electron chi connectivity index (χ2n) is 7.97. The van der Waals surface area contributed by atoms with Crippen LogP contribution in [-0.2, 0) is 4.79 Å². The molecule has 32 heavy (non-hydrogen) atoms. The zero-order chi connectivity index (χ0) is 21.8. The molecule has 5 rings (SSSR count). The van der Waals surface area contributed by atoms with Gasteiger partial charge in [-0.25, -0.2) is 4.98 Å². The molecule has 1 aliphatic rings. The Hall–Kier alpha value is -3.80. The summed E-state index contributed by atoms with van der Waals surface area (Å²) in [4.78, 5) is 25.9. The minimum atomic E-state index is -0.670. The number of amides is 1. The molecule has 0 aliphatic carbocycles. The van der Waals surface area contributed by atoms with E-state index >= 15 is 0 Å². The van der Waals surface area contributed by atoms with E-state index in [1.807, 2.05) is 89.8 Å². The molecule has 0 spiro atoms. The second kappa shape index (κ2) is 9.14. The number of hydrogen-bond donors (Lipinski definition) is 1. The minimum Gasteiger partial charge on any atom is -0.476 e. The van der Waals surface area contributed by atoms with Gasteiger partial charge in [-0.1, -0.05) is 60.7 Å². The van der Waals surface area contributed by atoms with Crippen LogP contribution in [0.5, 0.6) is 5.75 Å². The molecule has 4 aromatic rings. The molecule has 6 heteroatoms. The molecular formula is C26H26N4O2. The maximum absolute atomic E-state index is 13.6. The highest BCUT2D eigenvalue weighted by molar-refractivity contribution is 5.83. The normalized spacial score (nSPS) is 15.4. The van der Waals surface area contributed by atoms with E-state index in [0.29, 0.717) is 18.8 Å². The Bertz CT molecular complexity index is 1140. The van der Waals surface area contributed by atoms with Gasteiger partial charge in [0.15, 0.2) is 0 Å². The van der Waals surface area contributed by atoms with E-state index in [-0.39, 0.29) is 5.91 Å². The lowest BCUT2D eigenvalue weighted by Crippen LogP contribution is -2.40. The van der Waals surface area contributed by atoms with Gasteiger partial charge in [-0.05, 0) is 30.7 Å². The lowest BCUT2D eigenvalue weighted by Gasteiger charge is -2.27. The zero-order valence-corrected chi connectivity index (χ0v) is 17.9. The van der Waals surface area contributed by atoms with Crippen LogP contribution in [0, 0.1) is 0 Å². The van der Waals surface area contributed by atoms with E-state index in [4.69, 9.17) is 9.72 Å². The van der Waals surface area contributed by atoms with Gasteiger partial charge in [-0.2, -0.15) is 0 Å². The van der Waals surface area contributed by atoms with E-state index in [1.54, 1.807) is 0 Å². The molecule has 0 saturated carbocycles. The summed E-state index contributed by atoms with van der Waals surface area (Å²) < 4.78 is 6.18. The van der Waals surface area contributed by atoms with Crippen molar-refractivity contribution < 1.29 is 9.53 Å². The first-order valence-electron chi connectivity index (χ1n) is 11.0. The molecule has 1 N–H and O–H groups in total. The number of benzene rings is 3. The number of H-pyrrole nitrogens is 1. The number of rotatable bonds is 5. The SMILES string of the molecule is O=C(C(Oc1ccccc1)c1ccccc1)N1CCCN(c2nc3ccccc3[nH]2)CC1. The summed E-state index contributed by atoms with van der Waals surface area (Å²) in [5.74, 6) is 1.54. The fraction of sp³-hybridized carbons (Fsp3) is 0.231. The molecule has 6 nitrogen and oxygen atoms in total. The van der Waals surface area contributed by atoms with Crippen LogP contribution in [0.1, 0.15) is 18.1 Å². The van der Waals surface area contributed by atoms with Gasteiger partial charge in [0.1, 0.15) is 5.75 Å². The van der Waals surface area contributed by atoms with Crippen LogP contribution in [0.15, 0.2) is 84.9 Å². The van der Waals surface area contributed by atoms with Crippen molar-refractivity contribution in [2.45, 2.75) is 12.5 Å². The molecule has 3 aromatic carbocycles. The van der Waals surface area contributed by atoms with Gasteiger partial charge in [0, 0.05) is 31.7 Å². The molecule has 0 bridgehead atoms. The van der Waals surface area contributed by atoms with E-state index in [1.165, 1.54) is 0 Å². The number of nitrogens with zero attached hydrogens (tertiary/aromatic N) is 3. The Balaban J connectivity index is 1.33. The third-order valence-corrected chi connectivity index (χ3v) is 5.81. The number of ether oxygens (including phenoxy) is 1. The molecule has 1 unspecified atom stereocenters. The standard InChI is InChI=1S/C26H26N4O2/c31-25(24(20-10-3-1-4-11-20)32-21-12-5-2-6-13-21)29-16-9-17-30(19-18-29)26-27-22-14-7-8-15-23(22)28-26/h1-8,10-15,24H,9,16-19H2,(H,27,28). The van der Waals surface area contributed by atoms with Crippen LogP contribution >= 0.6 is 0 Å². The molecule has 2 heterocycles. The number of carbonyl (C=O) groups excluding carboxylic acids is 1. The largest absolute Gasteiger partial charge is 0.476 e. The first-order chi connectivity index (χ1) is 15.8. The zero-order valence-electron chi connectivity index (χ0n) is 17.9. The summed E-state index contributed by atoms with van der Waals surface area (Å²) >= 11 is 0. The van der Waals surface area contributed by atoms with Gasteiger partial charge in [-0.3, -0.25) is 4.79 Å². The predicted octanol–water partition coefficient (Wildman–Crippen LogP) is 4.42. The third-order valence-electron chi connectivity index (χ3n) is 5.81. The van der Waals surface area contributed by atoms with Crippen molar-refractivity contribution in [3.8, 4) is 5.75 Å². The Morgan fingerprint density at radius 2 is 1.56 bits per heavy atom. The number of nitrogens with one attached hydrogen (secondary N) is 1. The molecule has 1 aromatic heterocycles. The van der Waals surface area contributed by atoms with Crippen LogP contribution in [0.2, 0.25) is 0 Å². The topological polar surface area (TPSA) is 61.5 Å². The van der Waals surface area contributed by atoms with Crippen molar-refractivity contribution in [3.63, 3.8) is 0 Å². The number of para-hydroxylation sites is 3. The molecule has 0 radical (unpaired) electrons. The average molecular weight is 427 g/mol. The molecule has 1 amide bonds. The van der Waals surface area contributed by atoms with Gasteiger partial charge in [0.2, 0.25) is 12.1 Å². The first kappa shape index (κ1) is 20.1. The summed E-state index contributed by atoms with van der Waals surface area (Å²) in [5.41, 5.74) is 2.85. The van der Waals surface area contributed by atoms with Crippen molar-refractivity contribution in [3.05, 3.63) is 90.5 Å². The molecular weight excluding hydrogens is 400 g/mol. The number of imidazole rings is 1. The summed E-state index contributed by atoms with van der Waals surface area (Å²) in [6, 6.07) is 27.3. The van der Waals surface area contributed by atoms with E-state index < -0.39 is 6.10 Å². The fourth-order valence-corrected chi connectivity index (χ4v) is 4.13. The number of aromatic nitrogens is 2. The van der Waals surface area contributed by atoms with Gasteiger partial charge < -0.3 is 19.5 Å². The minimum absolute atomic E-state index is 0.00786. The molecule has 1 atom stereocenters.